The molecule has 2 amide bonds. The van der Waals surface area contributed by atoms with E-state index in [4.69, 9.17) is 4.74 Å². The molecule has 1 fully saturated rings. The van der Waals surface area contributed by atoms with Gasteiger partial charge in [0.2, 0.25) is 0 Å². The Kier molecular flexibility index (Phi) is 3.75. The number of carbonyl (C=O) groups is 2. The third-order valence-corrected chi connectivity index (χ3v) is 3.91. The minimum Gasteiger partial charge on any atom is -0.393 e. The Balaban J connectivity index is 1.64. The van der Waals surface area contributed by atoms with Gasteiger partial charge in [0.1, 0.15) is 0 Å². The molecule has 3 rings (SSSR count). The van der Waals surface area contributed by atoms with Gasteiger partial charge in [0, 0.05) is 13.0 Å². The van der Waals surface area contributed by atoms with E-state index in [1.807, 2.05) is 0 Å². The number of aliphatic hydroxyl groups excluding tert-OH is 2. The second-order valence-electron chi connectivity index (χ2n) is 5.43. The van der Waals surface area contributed by atoms with Crippen LogP contribution in [0.25, 0.3) is 0 Å². The third kappa shape index (κ3) is 2.70. The number of hydrogen-bond acceptors (Lipinski definition) is 5. The van der Waals surface area contributed by atoms with Crippen LogP contribution in [-0.4, -0.2) is 52.0 Å². The van der Waals surface area contributed by atoms with E-state index in [1.165, 1.54) is 4.90 Å². The van der Waals surface area contributed by atoms with Gasteiger partial charge in [-0.25, -0.2) is 0 Å². The quantitative estimate of drug-likeness (QED) is 0.793. The Bertz CT molecular complexity index is 528. The Labute approximate surface area is 121 Å². The molecule has 0 saturated carbocycles. The Morgan fingerprint density at radius 2 is 1.71 bits per heavy atom. The minimum absolute atomic E-state index is 0.198. The van der Waals surface area contributed by atoms with Gasteiger partial charge in [0.15, 0.2) is 6.29 Å². The van der Waals surface area contributed by atoms with E-state index in [1.54, 1.807) is 24.3 Å². The van der Waals surface area contributed by atoms with E-state index in [0.29, 0.717) is 24.0 Å². The summed E-state index contributed by atoms with van der Waals surface area (Å²) in [7, 11) is 0. The van der Waals surface area contributed by atoms with Crippen molar-refractivity contribution in [2.24, 2.45) is 0 Å². The van der Waals surface area contributed by atoms with Gasteiger partial charge in [-0.15, -0.1) is 0 Å². The molecule has 1 saturated heterocycles. The molecule has 1 aromatic carbocycles. The molecule has 2 aliphatic rings. The van der Waals surface area contributed by atoms with Crippen LogP contribution < -0.4 is 0 Å². The predicted octanol–water partition coefficient (Wildman–Crippen LogP) is 0.531. The molecule has 3 atom stereocenters. The molecule has 0 aliphatic carbocycles. The maximum atomic E-state index is 12.2. The average Bonchev–Trinajstić information content (AvgIpc) is 2.69. The number of aliphatic hydroxyl groups is 2. The smallest absolute Gasteiger partial charge is 0.261 e. The van der Waals surface area contributed by atoms with Gasteiger partial charge in [-0.3, -0.25) is 14.5 Å². The Morgan fingerprint density at radius 1 is 1.10 bits per heavy atom. The first-order chi connectivity index (χ1) is 10.1. The van der Waals surface area contributed by atoms with Crippen LogP contribution in [-0.2, 0) is 4.74 Å². The molecule has 0 aromatic heterocycles. The minimum atomic E-state index is -0.985. The molecule has 2 heterocycles. The molecule has 1 unspecified atom stereocenters. The predicted molar refractivity (Wildman–Crippen MR) is 72.5 cm³/mol. The standard InChI is InChI=1S/C15H17NO5/c17-9-7-10(21-13(18)8-9)5-6-16-14(19)11-3-1-2-4-12(11)15(16)20/h1-4,9-10,13,17-18H,5-8H2/t9-,10+,13?/m0/s1. The van der Waals surface area contributed by atoms with Gasteiger partial charge in [-0.1, -0.05) is 12.1 Å². The van der Waals surface area contributed by atoms with E-state index >= 15 is 0 Å². The van der Waals surface area contributed by atoms with Gasteiger partial charge in [-0.2, -0.15) is 0 Å². The van der Waals surface area contributed by atoms with Crippen LogP contribution >= 0.6 is 0 Å². The maximum absolute atomic E-state index is 12.2. The lowest BCUT2D eigenvalue weighted by Gasteiger charge is -2.31. The van der Waals surface area contributed by atoms with Crippen LogP contribution in [0.4, 0.5) is 0 Å². The zero-order chi connectivity index (χ0) is 15.0. The molecule has 112 valence electrons. The second kappa shape index (κ2) is 5.55. The zero-order valence-corrected chi connectivity index (χ0v) is 11.4. The molecular formula is C15H17NO5. The molecule has 2 N–H and O–H groups in total. The summed E-state index contributed by atoms with van der Waals surface area (Å²) in [5.74, 6) is -0.597. The van der Waals surface area contributed by atoms with Crippen LogP contribution in [0.5, 0.6) is 0 Å². The molecule has 0 bridgehead atoms. The van der Waals surface area contributed by atoms with E-state index < -0.39 is 12.4 Å². The lowest BCUT2D eigenvalue weighted by Crippen LogP contribution is -2.39. The summed E-state index contributed by atoms with van der Waals surface area (Å²) in [4.78, 5) is 25.5. The summed E-state index contributed by atoms with van der Waals surface area (Å²) < 4.78 is 5.31. The molecule has 6 nitrogen and oxygen atoms in total. The number of benzene rings is 1. The summed E-state index contributed by atoms with van der Waals surface area (Å²) in [5.41, 5.74) is 0.847. The number of fused-ring (bicyclic) bond motifs is 1. The van der Waals surface area contributed by atoms with Crippen molar-refractivity contribution in [1.82, 2.24) is 4.90 Å². The second-order valence-corrected chi connectivity index (χ2v) is 5.43. The summed E-state index contributed by atoms with van der Waals surface area (Å²) in [6.07, 6.45) is -0.946. The summed E-state index contributed by atoms with van der Waals surface area (Å²) in [6.45, 7) is 0.219. The van der Waals surface area contributed by atoms with E-state index in [2.05, 4.69) is 0 Å². The van der Waals surface area contributed by atoms with Crippen molar-refractivity contribution in [1.29, 1.82) is 0 Å². The van der Waals surface area contributed by atoms with Crippen molar-refractivity contribution in [3.05, 3.63) is 35.4 Å². The lowest BCUT2D eigenvalue weighted by molar-refractivity contribution is -0.190. The van der Waals surface area contributed by atoms with E-state index in [-0.39, 0.29) is 30.9 Å². The number of ether oxygens (including phenoxy) is 1. The lowest BCUT2D eigenvalue weighted by atomic mass is 10.0. The number of imide groups is 1. The molecule has 2 aliphatic heterocycles. The molecule has 0 spiro atoms. The maximum Gasteiger partial charge on any atom is 0.261 e. The van der Waals surface area contributed by atoms with Crippen molar-refractivity contribution >= 4 is 11.8 Å². The number of nitrogens with zero attached hydrogens (tertiary/aromatic N) is 1. The van der Waals surface area contributed by atoms with E-state index in [0.717, 1.165) is 0 Å². The SMILES string of the molecule is O=C1c2ccccc2C(=O)N1CC[C@@H]1C[C@H](O)CC(O)O1. The van der Waals surface area contributed by atoms with Crippen LogP contribution in [0, 0.1) is 0 Å². The van der Waals surface area contributed by atoms with Gasteiger partial charge in [-0.05, 0) is 25.0 Å². The largest absolute Gasteiger partial charge is 0.393 e. The topological polar surface area (TPSA) is 87.1 Å². The fraction of sp³-hybridized carbons (Fsp3) is 0.467. The van der Waals surface area contributed by atoms with Crippen LogP contribution in [0.1, 0.15) is 40.0 Å². The Morgan fingerprint density at radius 3 is 2.29 bits per heavy atom. The number of hydrogen-bond donors (Lipinski definition) is 2. The number of rotatable bonds is 3. The van der Waals surface area contributed by atoms with Crippen molar-refractivity contribution < 1.29 is 24.5 Å². The van der Waals surface area contributed by atoms with Crippen LogP contribution in [0.2, 0.25) is 0 Å². The summed E-state index contributed by atoms with van der Waals surface area (Å²) >= 11 is 0. The average molecular weight is 291 g/mol. The molecular weight excluding hydrogens is 274 g/mol. The molecule has 0 radical (unpaired) electrons. The first-order valence-electron chi connectivity index (χ1n) is 7.03. The van der Waals surface area contributed by atoms with Gasteiger partial charge in [0.25, 0.3) is 11.8 Å². The number of carbonyl (C=O) groups excluding carboxylic acids is 2. The monoisotopic (exact) mass is 291 g/mol. The third-order valence-electron chi connectivity index (χ3n) is 3.91. The first kappa shape index (κ1) is 14.2. The van der Waals surface area contributed by atoms with Crippen molar-refractivity contribution in [3.8, 4) is 0 Å². The van der Waals surface area contributed by atoms with Crippen molar-refractivity contribution in [3.63, 3.8) is 0 Å². The highest BCUT2D eigenvalue weighted by molar-refractivity contribution is 6.21. The van der Waals surface area contributed by atoms with Crippen molar-refractivity contribution in [2.45, 2.75) is 37.8 Å². The van der Waals surface area contributed by atoms with Gasteiger partial charge in [0.05, 0.1) is 23.3 Å². The fourth-order valence-corrected chi connectivity index (χ4v) is 2.87. The Hall–Kier alpha value is -1.76. The van der Waals surface area contributed by atoms with E-state index in [9.17, 15) is 19.8 Å². The van der Waals surface area contributed by atoms with Gasteiger partial charge >= 0.3 is 0 Å². The zero-order valence-electron chi connectivity index (χ0n) is 11.4. The summed E-state index contributed by atoms with van der Waals surface area (Å²) in [6, 6.07) is 6.73. The van der Waals surface area contributed by atoms with Crippen LogP contribution in [0.15, 0.2) is 24.3 Å². The first-order valence-corrected chi connectivity index (χ1v) is 7.03. The van der Waals surface area contributed by atoms with Crippen molar-refractivity contribution in [2.75, 3.05) is 6.54 Å². The molecule has 1 aromatic rings. The molecule has 6 heteroatoms. The fourth-order valence-electron chi connectivity index (χ4n) is 2.87. The summed E-state index contributed by atoms with van der Waals surface area (Å²) in [5, 5.41) is 19.1. The highest BCUT2D eigenvalue weighted by Crippen LogP contribution is 2.25. The van der Waals surface area contributed by atoms with Crippen LogP contribution in [0.3, 0.4) is 0 Å². The normalized spacial score (nSPS) is 28.9. The highest BCUT2D eigenvalue weighted by atomic mass is 16.6. The van der Waals surface area contributed by atoms with Gasteiger partial charge < -0.3 is 14.9 Å². The molecule has 21 heavy (non-hydrogen) atoms. The number of amides is 2. The highest BCUT2D eigenvalue weighted by Gasteiger charge is 2.36.